The third kappa shape index (κ3) is 2.74. The Kier molecular flexibility index (Phi) is 3.59. The topological polar surface area (TPSA) is 43.1 Å². The Morgan fingerprint density at radius 1 is 1.06 bits per heavy atom. The number of ketones is 1. The van der Waals surface area contributed by atoms with Crippen LogP contribution >= 0.6 is 15.9 Å². The van der Waals surface area contributed by atoms with Crippen molar-refractivity contribution in [2.75, 3.05) is 5.73 Å². The number of para-hydroxylation sites is 1. The van der Waals surface area contributed by atoms with Gasteiger partial charge in [0.25, 0.3) is 0 Å². The molecule has 0 bridgehead atoms. The largest absolute Gasteiger partial charge is 0.398 e. The molecule has 2 aromatic rings. The number of halogens is 1. The van der Waals surface area contributed by atoms with Gasteiger partial charge in [0, 0.05) is 22.1 Å². The van der Waals surface area contributed by atoms with Crippen molar-refractivity contribution in [2.24, 2.45) is 0 Å². The summed E-state index contributed by atoms with van der Waals surface area (Å²) < 4.78 is 0.947. The van der Waals surface area contributed by atoms with Crippen molar-refractivity contribution in [1.82, 2.24) is 0 Å². The number of anilines is 1. The maximum atomic E-state index is 12.1. The van der Waals surface area contributed by atoms with Crippen LogP contribution < -0.4 is 5.73 Å². The summed E-state index contributed by atoms with van der Waals surface area (Å²) in [5.41, 5.74) is 7.87. The van der Waals surface area contributed by atoms with Gasteiger partial charge >= 0.3 is 0 Å². The molecule has 0 saturated heterocycles. The number of carbonyl (C=O) groups is 1. The average molecular weight is 290 g/mol. The van der Waals surface area contributed by atoms with E-state index in [0.29, 0.717) is 17.7 Å². The summed E-state index contributed by atoms with van der Waals surface area (Å²) in [7, 11) is 0. The first-order valence-electron chi connectivity index (χ1n) is 5.29. The molecule has 0 unspecified atom stereocenters. The predicted octanol–water partition coefficient (Wildman–Crippen LogP) is 3.46. The summed E-state index contributed by atoms with van der Waals surface area (Å²) in [6.45, 7) is 0. The van der Waals surface area contributed by atoms with Gasteiger partial charge in [-0.3, -0.25) is 4.79 Å². The first-order valence-corrected chi connectivity index (χ1v) is 6.09. The van der Waals surface area contributed by atoms with Crippen LogP contribution in [0.25, 0.3) is 0 Å². The molecule has 2 rings (SSSR count). The number of rotatable bonds is 3. The van der Waals surface area contributed by atoms with Gasteiger partial charge in [0.2, 0.25) is 0 Å². The minimum absolute atomic E-state index is 0.0370. The van der Waals surface area contributed by atoms with Crippen molar-refractivity contribution in [1.29, 1.82) is 0 Å². The fraction of sp³-hybridized carbons (Fsp3) is 0.0714. The maximum absolute atomic E-state index is 12.1. The van der Waals surface area contributed by atoms with Crippen LogP contribution in [0.15, 0.2) is 53.0 Å². The molecule has 2 aromatic carbocycles. The Labute approximate surface area is 109 Å². The molecule has 0 amide bonds. The number of benzene rings is 2. The second kappa shape index (κ2) is 5.15. The number of nitrogen functional groups attached to an aromatic ring is 1. The van der Waals surface area contributed by atoms with Gasteiger partial charge in [0.1, 0.15) is 0 Å². The molecule has 0 radical (unpaired) electrons. The highest BCUT2D eigenvalue weighted by molar-refractivity contribution is 9.10. The Morgan fingerprint density at radius 3 is 2.41 bits per heavy atom. The summed E-state index contributed by atoms with van der Waals surface area (Å²) in [4.78, 5) is 12.1. The van der Waals surface area contributed by atoms with E-state index in [0.717, 1.165) is 10.0 Å². The van der Waals surface area contributed by atoms with Crippen molar-refractivity contribution in [2.45, 2.75) is 6.42 Å². The molecule has 17 heavy (non-hydrogen) atoms. The van der Waals surface area contributed by atoms with Crippen LogP contribution in [0.3, 0.4) is 0 Å². The molecule has 0 aliphatic rings. The molecule has 0 aromatic heterocycles. The Bertz CT molecular complexity index is 551. The van der Waals surface area contributed by atoms with Gasteiger partial charge in [-0.1, -0.05) is 46.3 Å². The third-order valence-electron chi connectivity index (χ3n) is 2.57. The number of hydrogen-bond donors (Lipinski definition) is 1. The quantitative estimate of drug-likeness (QED) is 0.695. The summed E-state index contributed by atoms with van der Waals surface area (Å²) >= 11 is 3.43. The minimum Gasteiger partial charge on any atom is -0.398 e. The SMILES string of the molecule is Nc1ccccc1C(=O)Cc1ccccc1Br. The zero-order valence-electron chi connectivity index (χ0n) is 9.19. The molecule has 86 valence electrons. The lowest BCUT2D eigenvalue weighted by Gasteiger charge is -2.06. The van der Waals surface area contributed by atoms with Gasteiger partial charge < -0.3 is 5.73 Å². The van der Waals surface area contributed by atoms with E-state index in [4.69, 9.17) is 5.73 Å². The first-order chi connectivity index (χ1) is 8.18. The van der Waals surface area contributed by atoms with Gasteiger partial charge in [-0.2, -0.15) is 0 Å². The molecule has 0 heterocycles. The van der Waals surface area contributed by atoms with Crippen LogP contribution in [0.2, 0.25) is 0 Å². The molecule has 2 nitrogen and oxygen atoms in total. The van der Waals surface area contributed by atoms with E-state index in [9.17, 15) is 4.79 Å². The molecule has 0 saturated carbocycles. The second-order valence-electron chi connectivity index (χ2n) is 3.78. The molecule has 0 fully saturated rings. The third-order valence-corrected chi connectivity index (χ3v) is 3.34. The molecule has 2 N–H and O–H groups in total. The minimum atomic E-state index is 0.0370. The van der Waals surface area contributed by atoms with Crippen LogP contribution in [0, 0.1) is 0 Å². The van der Waals surface area contributed by atoms with E-state index in [1.54, 1.807) is 12.1 Å². The lowest BCUT2D eigenvalue weighted by molar-refractivity contribution is 0.0993. The van der Waals surface area contributed by atoms with Crippen molar-refractivity contribution in [3.05, 3.63) is 64.1 Å². The first kappa shape index (κ1) is 11.9. The van der Waals surface area contributed by atoms with E-state index in [1.165, 1.54) is 0 Å². The highest BCUT2D eigenvalue weighted by Crippen LogP contribution is 2.19. The smallest absolute Gasteiger partial charge is 0.169 e. The molecule has 0 aliphatic carbocycles. The molecule has 0 atom stereocenters. The van der Waals surface area contributed by atoms with Crippen LogP contribution in [0.5, 0.6) is 0 Å². The Morgan fingerprint density at radius 2 is 1.71 bits per heavy atom. The van der Waals surface area contributed by atoms with E-state index in [-0.39, 0.29) is 5.78 Å². The normalized spacial score (nSPS) is 10.2. The maximum Gasteiger partial charge on any atom is 0.169 e. The van der Waals surface area contributed by atoms with E-state index in [1.807, 2.05) is 36.4 Å². The summed E-state index contributed by atoms with van der Waals surface area (Å²) in [5.74, 6) is 0.0370. The van der Waals surface area contributed by atoms with Crippen LogP contribution in [0.1, 0.15) is 15.9 Å². The monoisotopic (exact) mass is 289 g/mol. The summed E-state index contributed by atoms with van der Waals surface area (Å²) in [6, 6.07) is 14.9. The van der Waals surface area contributed by atoms with Crippen LogP contribution in [0.4, 0.5) is 5.69 Å². The lowest BCUT2D eigenvalue weighted by Crippen LogP contribution is -2.07. The van der Waals surface area contributed by atoms with Gasteiger partial charge in [0.05, 0.1) is 0 Å². The standard InChI is InChI=1S/C14H12BrNO/c15-12-7-3-1-5-10(12)9-14(17)11-6-2-4-8-13(11)16/h1-8H,9,16H2. The summed E-state index contributed by atoms with van der Waals surface area (Å²) in [5, 5.41) is 0. The second-order valence-corrected chi connectivity index (χ2v) is 4.63. The van der Waals surface area contributed by atoms with E-state index in [2.05, 4.69) is 15.9 Å². The van der Waals surface area contributed by atoms with Crippen LogP contribution in [-0.4, -0.2) is 5.78 Å². The van der Waals surface area contributed by atoms with Crippen molar-refractivity contribution >= 4 is 27.4 Å². The lowest BCUT2D eigenvalue weighted by atomic mass is 10.0. The van der Waals surface area contributed by atoms with Gasteiger partial charge in [-0.05, 0) is 23.8 Å². The summed E-state index contributed by atoms with van der Waals surface area (Å²) in [6.07, 6.45) is 0.357. The number of carbonyl (C=O) groups excluding carboxylic acids is 1. The van der Waals surface area contributed by atoms with Crippen LogP contribution in [-0.2, 0) is 6.42 Å². The Hall–Kier alpha value is -1.61. The van der Waals surface area contributed by atoms with Crippen molar-refractivity contribution < 1.29 is 4.79 Å². The number of hydrogen-bond acceptors (Lipinski definition) is 2. The highest BCUT2D eigenvalue weighted by atomic mass is 79.9. The number of nitrogens with two attached hydrogens (primary N) is 1. The molecular weight excluding hydrogens is 278 g/mol. The number of Topliss-reactive ketones (excluding diaryl/α,β-unsaturated/α-hetero) is 1. The van der Waals surface area contributed by atoms with Gasteiger partial charge in [0.15, 0.2) is 5.78 Å². The molecular formula is C14H12BrNO. The fourth-order valence-electron chi connectivity index (χ4n) is 1.66. The van der Waals surface area contributed by atoms with E-state index < -0.39 is 0 Å². The molecule has 0 aliphatic heterocycles. The zero-order valence-corrected chi connectivity index (χ0v) is 10.8. The molecule has 0 spiro atoms. The van der Waals surface area contributed by atoms with Crippen molar-refractivity contribution in [3.8, 4) is 0 Å². The zero-order chi connectivity index (χ0) is 12.3. The van der Waals surface area contributed by atoms with Gasteiger partial charge in [-0.15, -0.1) is 0 Å². The molecule has 3 heteroatoms. The van der Waals surface area contributed by atoms with Crippen molar-refractivity contribution in [3.63, 3.8) is 0 Å². The Balaban J connectivity index is 2.24. The fourth-order valence-corrected chi connectivity index (χ4v) is 2.09. The van der Waals surface area contributed by atoms with Gasteiger partial charge in [-0.25, -0.2) is 0 Å². The van der Waals surface area contributed by atoms with E-state index >= 15 is 0 Å². The highest BCUT2D eigenvalue weighted by Gasteiger charge is 2.11. The average Bonchev–Trinajstić information content (AvgIpc) is 2.32. The predicted molar refractivity (Wildman–Crippen MR) is 73.0 cm³/mol.